The maximum Gasteiger partial charge on any atom is 0.329 e. The summed E-state index contributed by atoms with van der Waals surface area (Å²) >= 11 is 0. The maximum absolute atomic E-state index is 11.5. The molecule has 1 aliphatic heterocycles. The highest BCUT2D eigenvalue weighted by Crippen LogP contribution is 2.13. The number of nitrogens with zero attached hydrogens (tertiary/aromatic N) is 1. The van der Waals surface area contributed by atoms with Gasteiger partial charge in [-0.25, -0.2) is 4.79 Å². The van der Waals surface area contributed by atoms with Gasteiger partial charge in [0.2, 0.25) is 5.91 Å². The van der Waals surface area contributed by atoms with E-state index in [0.29, 0.717) is 13.1 Å². The van der Waals surface area contributed by atoms with Gasteiger partial charge in [0.05, 0.1) is 12.6 Å². The lowest BCUT2D eigenvalue weighted by Crippen LogP contribution is -2.43. The molecular formula is C12H20N2O4. The van der Waals surface area contributed by atoms with Crippen LogP contribution in [0, 0.1) is 0 Å². The second-order valence-corrected chi connectivity index (χ2v) is 4.27. The number of carbonyl (C=O) groups is 2. The van der Waals surface area contributed by atoms with Gasteiger partial charge in [0.1, 0.15) is 6.61 Å². The van der Waals surface area contributed by atoms with Crippen LogP contribution in [0.3, 0.4) is 0 Å². The first-order chi connectivity index (χ1) is 8.61. The van der Waals surface area contributed by atoms with E-state index in [1.165, 1.54) is 0 Å². The van der Waals surface area contributed by atoms with Crippen molar-refractivity contribution in [3.63, 3.8) is 0 Å². The average Bonchev–Trinajstić information content (AvgIpc) is 2.35. The number of nitrogens with one attached hydrogen (secondary N) is 1. The normalized spacial score (nSPS) is 17.3. The summed E-state index contributed by atoms with van der Waals surface area (Å²) in [6.07, 6.45) is 3.17. The highest BCUT2D eigenvalue weighted by molar-refractivity contribution is 5.78. The van der Waals surface area contributed by atoms with Crippen molar-refractivity contribution in [3.05, 3.63) is 12.7 Å². The molecule has 0 saturated carbocycles. The zero-order valence-electron chi connectivity index (χ0n) is 10.4. The molecule has 6 heteroatoms. The number of piperidine rings is 1. The Morgan fingerprint density at radius 1 is 1.44 bits per heavy atom. The van der Waals surface area contributed by atoms with Crippen molar-refractivity contribution in [2.24, 2.45) is 0 Å². The molecule has 0 aromatic rings. The van der Waals surface area contributed by atoms with E-state index in [4.69, 9.17) is 9.84 Å². The molecule has 6 nitrogen and oxygen atoms in total. The number of carboxylic acids is 1. The lowest BCUT2D eigenvalue weighted by atomic mass is 10.1. The fourth-order valence-corrected chi connectivity index (χ4v) is 1.87. The second kappa shape index (κ2) is 7.84. The SMILES string of the molecule is C=CCNC(=O)CN1CCC(OCC(=O)O)CC1. The van der Waals surface area contributed by atoms with E-state index < -0.39 is 5.97 Å². The summed E-state index contributed by atoms with van der Waals surface area (Å²) < 4.78 is 5.22. The molecule has 0 aliphatic carbocycles. The van der Waals surface area contributed by atoms with Crippen LogP contribution in [-0.2, 0) is 14.3 Å². The standard InChI is InChI=1S/C12H20N2O4/c1-2-5-13-11(15)8-14-6-3-10(4-7-14)18-9-12(16)17/h2,10H,1,3-9H2,(H,13,15)(H,16,17). The van der Waals surface area contributed by atoms with Crippen LogP contribution < -0.4 is 5.32 Å². The Morgan fingerprint density at radius 3 is 2.67 bits per heavy atom. The first kappa shape index (κ1) is 14.7. The zero-order chi connectivity index (χ0) is 13.4. The first-order valence-electron chi connectivity index (χ1n) is 6.05. The topological polar surface area (TPSA) is 78.9 Å². The fraction of sp³-hybridized carbons (Fsp3) is 0.667. The fourth-order valence-electron chi connectivity index (χ4n) is 1.87. The van der Waals surface area contributed by atoms with Gasteiger partial charge >= 0.3 is 5.97 Å². The molecule has 1 aliphatic rings. The van der Waals surface area contributed by atoms with Gasteiger partial charge in [-0.05, 0) is 12.8 Å². The maximum atomic E-state index is 11.5. The monoisotopic (exact) mass is 256 g/mol. The largest absolute Gasteiger partial charge is 0.480 e. The number of likely N-dealkylation sites (tertiary alicyclic amines) is 1. The minimum absolute atomic E-state index is 0.00594. The summed E-state index contributed by atoms with van der Waals surface area (Å²) in [6, 6.07) is 0. The molecule has 1 rings (SSSR count). The first-order valence-corrected chi connectivity index (χ1v) is 6.05. The number of carboxylic acid groups (broad SMARTS) is 1. The molecular weight excluding hydrogens is 236 g/mol. The number of aliphatic carboxylic acids is 1. The third-order valence-corrected chi connectivity index (χ3v) is 2.79. The second-order valence-electron chi connectivity index (χ2n) is 4.27. The lowest BCUT2D eigenvalue weighted by Gasteiger charge is -2.30. The van der Waals surface area contributed by atoms with Gasteiger partial charge in [0.25, 0.3) is 0 Å². The van der Waals surface area contributed by atoms with Crippen LogP contribution in [0.4, 0.5) is 0 Å². The third kappa shape index (κ3) is 5.79. The van der Waals surface area contributed by atoms with Gasteiger partial charge in [-0.1, -0.05) is 6.08 Å². The van der Waals surface area contributed by atoms with Crippen molar-refractivity contribution in [1.29, 1.82) is 0 Å². The number of carbonyl (C=O) groups excluding carboxylic acids is 1. The molecule has 102 valence electrons. The van der Waals surface area contributed by atoms with Gasteiger partial charge in [-0.15, -0.1) is 6.58 Å². The van der Waals surface area contributed by atoms with E-state index in [2.05, 4.69) is 11.9 Å². The van der Waals surface area contributed by atoms with Gasteiger partial charge in [-0.3, -0.25) is 9.69 Å². The zero-order valence-corrected chi connectivity index (χ0v) is 10.4. The molecule has 0 bridgehead atoms. The molecule has 18 heavy (non-hydrogen) atoms. The predicted octanol–water partition coefficient (Wildman–Crippen LogP) is -0.146. The van der Waals surface area contributed by atoms with Crippen molar-refractivity contribution in [3.8, 4) is 0 Å². The molecule has 1 fully saturated rings. The molecule has 0 radical (unpaired) electrons. The Balaban J connectivity index is 2.16. The summed E-state index contributed by atoms with van der Waals surface area (Å²) in [4.78, 5) is 23.9. The molecule has 1 saturated heterocycles. The minimum atomic E-state index is -0.943. The molecule has 0 atom stereocenters. The Kier molecular flexibility index (Phi) is 6.38. The highest BCUT2D eigenvalue weighted by Gasteiger charge is 2.21. The van der Waals surface area contributed by atoms with E-state index in [1.54, 1.807) is 6.08 Å². The van der Waals surface area contributed by atoms with E-state index in [1.807, 2.05) is 4.90 Å². The molecule has 0 aromatic carbocycles. The third-order valence-electron chi connectivity index (χ3n) is 2.79. The minimum Gasteiger partial charge on any atom is -0.480 e. The van der Waals surface area contributed by atoms with Crippen molar-refractivity contribution in [1.82, 2.24) is 10.2 Å². The Labute approximate surface area is 107 Å². The van der Waals surface area contributed by atoms with Crippen LogP contribution in [0.25, 0.3) is 0 Å². The number of rotatable bonds is 7. The van der Waals surface area contributed by atoms with E-state index >= 15 is 0 Å². The number of hydrogen-bond acceptors (Lipinski definition) is 4. The van der Waals surface area contributed by atoms with Gasteiger partial charge in [0.15, 0.2) is 0 Å². The van der Waals surface area contributed by atoms with E-state index in [-0.39, 0.29) is 18.6 Å². The Hall–Kier alpha value is -1.40. The van der Waals surface area contributed by atoms with Crippen molar-refractivity contribution < 1.29 is 19.4 Å². The highest BCUT2D eigenvalue weighted by atomic mass is 16.5. The number of hydrogen-bond donors (Lipinski definition) is 2. The van der Waals surface area contributed by atoms with Crippen LogP contribution in [-0.4, -0.2) is 60.8 Å². The van der Waals surface area contributed by atoms with E-state index in [9.17, 15) is 9.59 Å². The summed E-state index contributed by atoms with van der Waals surface area (Å²) in [6.45, 7) is 5.65. The lowest BCUT2D eigenvalue weighted by molar-refractivity contribution is -0.145. The molecule has 1 heterocycles. The summed E-state index contributed by atoms with van der Waals surface area (Å²) in [5, 5.41) is 11.2. The van der Waals surface area contributed by atoms with Crippen molar-refractivity contribution in [2.75, 3.05) is 32.8 Å². The quantitative estimate of drug-likeness (QED) is 0.620. The number of ether oxygens (including phenoxy) is 1. The van der Waals surface area contributed by atoms with Crippen LogP contribution in [0.5, 0.6) is 0 Å². The predicted molar refractivity (Wildman–Crippen MR) is 66.3 cm³/mol. The summed E-state index contributed by atoms with van der Waals surface area (Å²) in [7, 11) is 0. The number of amides is 1. The molecule has 1 amide bonds. The van der Waals surface area contributed by atoms with Crippen LogP contribution in [0.2, 0.25) is 0 Å². The summed E-state index contributed by atoms with van der Waals surface area (Å²) in [5.74, 6) is -0.957. The molecule has 2 N–H and O–H groups in total. The molecule has 0 spiro atoms. The van der Waals surface area contributed by atoms with Crippen LogP contribution in [0.1, 0.15) is 12.8 Å². The molecule has 0 unspecified atom stereocenters. The Morgan fingerprint density at radius 2 is 2.11 bits per heavy atom. The van der Waals surface area contributed by atoms with E-state index in [0.717, 1.165) is 25.9 Å². The average molecular weight is 256 g/mol. The summed E-state index contributed by atoms with van der Waals surface area (Å²) in [5.41, 5.74) is 0. The Bertz CT molecular complexity index is 298. The van der Waals surface area contributed by atoms with Crippen LogP contribution >= 0.6 is 0 Å². The smallest absolute Gasteiger partial charge is 0.329 e. The van der Waals surface area contributed by atoms with Crippen molar-refractivity contribution in [2.45, 2.75) is 18.9 Å². The van der Waals surface area contributed by atoms with Gasteiger partial charge in [-0.2, -0.15) is 0 Å². The molecule has 0 aromatic heterocycles. The van der Waals surface area contributed by atoms with Crippen LogP contribution in [0.15, 0.2) is 12.7 Å². The van der Waals surface area contributed by atoms with Gasteiger partial charge in [0, 0.05) is 19.6 Å². The van der Waals surface area contributed by atoms with Gasteiger partial charge < -0.3 is 15.2 Å². The van der Waals surface area contributed by atoms with Crippen molar-refractivity contribution >= 4 is 11.9 Å².